The molecule has 2 aromatic carbocycles. The Morgan fingerprint density at radius 1 is 1.16 bits per heavy atom. The summed E-state index contributed by atoms with van der Waals surface area (Å²) in [5.74, 6) is 2.26. The fraction of sp³-hybridized carbons (Fsp3) is 0.348. The number of amides is 1. The smallest absolute Gasteiger partial charge is 0.220 e. The maximum atomic E-state index is 12.4. The van der Waals surface area contributed by atoms with E-state index in [1.54, 1.807) is 25.3 Å². The van der Waals surface area contributed by atoms with Crippen molar-refractivity contribution in [2.75, 3.05) is 7.11 Å². The average Bonchev–Trinajstić information content (AvgIpc) is 3.17. The van der Waals surface area contributed by atoms with Gasteiger partial charge in [-0.15, -0.1) is 10.2 Å². The van der Waals surface area contributed by atoms with E-state index in [0.717, 1.165) is 11.3 Å². The molecule has 1 aromatic heterocycles. The van der Waals surface area contributed by atoms with E-state index in [0.29, 0.717) is 38.9 Å². The van der Waals surface area contributed by atoms with Crippen LogP contribution >= 0.6 is 35.0 Å². The number of hydrogen-bond donors (Lipinski definition) is 1. The number of nitrogens with one attached hydrogen (secondary N) is 1. The number of nitrogens with zero attached hydrogens (tertiary/aromatic N) is 3. The molecule has 9 heteroatoms. The summed E-state index contributed by atoms with van der Waals surface area (Å²) >= 11 is 14.3. The molecule has 0 fully saturated rings. The quantitative estimate of drug-likeness (QED) is 0.365. The van der Waals surface area contributed by atoms with Crippen molar-refractivity contribution in [2.24, 2.45) is 5.92 Å². The number of carbonyl (C=O) groups excluding carboxylic acids is 1. The maximum absolute atomic E-state index is 12.4. The number of thioether (sulfide) groups is 1. The topological polar surface area (TPSA) is 69.0 Å². The Bertz CT molecular complexity index is 1090. The first-order valence-corrected chi connectivity index (χ1v) is 12.0. The van der Waals surface area contributed by atoms with Crippen LogP contribution in [0.2, 0.25) is 10.0 Å². The van der Waals surface area contributed by atoms with Crippen molar-refractivity contribution in [1.82, 2.24) is 20.1 Å². The Hall–Kier alpha value is -2.22. The molecule has 0 saturated carbocycles. The van der Waals surface area contributed by atoms with Gasteiger partial charge in [0.25, 0.3) is 0 Å². The highest BCUT2D eigenvalue weighted by Crippen LogP contribution is 2.32. The summed E-state index contributed by atoms with van der Waals surface area (Å²) in [5.41, 5.74) is 1.75. The van der Waals surface area contributed by atoms with Gasteiger partial charge in [-0.1, -0.05) is 60.9 Å². The summed E-state index contributed by atoms with van der Waals surface area (Å²) in [6.07, 6.45) is 0.438. The maximum Gasteiger partial charge on any atom is 0.220 e. The van der Waals surface area contributed by atoms with Gasteiger partial charge in [0.05, 0.1) is 23.9 Å². The first-order valence-electron chi connectivity index (χ1n) is 10.2. The van der Waals surface area contributed by atoms with Crippen molar-refractivity contribution in [1.29, 1.82) is 0 Å². The summed E-state index contributed by atoms with van der Waals surface area (Å²) in [6, 6.07) is 12.7. The molecule has 0 spiro atoms. The van der Waals surface area contributed by atoms with Gasteiger partial charge in [-0.3, -0.25) is 9.36 Å². The summed E-state index contributed by atoms with van der Waals surface area (Å²) in [7, 11) is 1.64. The zero-order valence-corrected chi connectivity index (χ0v) is 20.8. The second-order valence-electron chi connectivity index (χ2n) is 7.80. The van der Waals surface area contributed by atoms with Gasteiger partial charge in [-0.2, -0.15) is 0 Å². The number of aromatic nitrogens is 3. The second-order valence-corrected chi connectivity index (χ2v) is 9.59. The van der Waals surface area contributed by atoms with E-state index >= 15 is 0 Å². The molecular weight excluding hydrogens is 467 g/mol. The molecule has 1 atom stereocenters. The van der Waals surface area contributed by atoms with E-state index in [1.165, 1.54) is 11.8 Å². The fourth-order valence-corrected chi connectivity index (χ4v) is 4.45. The third-order valence-electron chi connectivity index (χ3n) is 4.67. The lowest BCUT2D eigenvalue weighted by Gasteiger charge is -2.18. The Kier molecular flexibility index (Phi) is 8.45. The number of benzene rings is 2. The lowest BCUT2D eigenvalue weighted by atomic mass is 10.1. The molecule has 32 heavy (non-hydrogen) atoms. The second kappa shape index (κ2) is 11.1. The molecule has 6 nitrogen and oxygen atoms in total. The van der Waals surface area contributed by atoms with Gasteiger partial charge in [0.2, 0.25) is 5.91 Å². The van der Waals surface area contributed by atoms with E-state index in [9.17, 15) is 4.79 Å². The van der Waals surface area contributed by atoms with E-state index in [2.05, 4.69) is 15.5 Å². The molecule has 1 heterocycles. The molecule has 0 bridgehead atoms. The Morgan fingerprint density at radius 2 is 1.94 bits per heavy atom. The minimum atomic E-state index is -0.366. The van der Waals surface area contributed by atoms with Crippen LogP contribution in [0.15, 0.2) is 47.6 Å². The van der Waals surface area contributed by atoms with Crippen LogP contribution in [-0.4, -0.2) is 27.8 Å². The van der Waals surface area contributed by atoms with Crippen molar-refractivity contribution < 1.29 is 9.53 Å². The van der Waals surface area contributed by atoms with Gasteiger partial charge in [0.15, 0.2) is 11.0 Å². The zero-order valence-electron chi connectivity index (χ0n) is 18.4. The molecule has 0 radical (unpaired) electrons. The van der Waals surface area contributed by atoms with Gasteiger partial charge < -0.3 is 10.1 Å². The Balaban J connectivity index is 1.94. The average molecular weight is 493 g/mol. The standard InChI is InChI=1S/C23H26Cl2N4O2S/c1-14(2)10-21(30)26-15(3)22-27-28-23(29(22)20-12-17(24)8-9-19(20)25)32-13-16-6-5-7-18(11-16)31-4/h5-9,11-12,14-15H,10,13H2,1-4H3,(H,26,30). The molecule has 170 valence electrons. The zero-order chi connectivity index (χ0) is 23.3. The highest BCUT2D eigenvalue weighted by molar-refractivity contribution is 7.98. The minimum Gasteiger partial charge on any atom is -0.497 e. The number of methoxy groups -OCH3 is 1. The van der Waals surface area contributed by atoms with Crippen molar-refractivity contribution in [2.45, 2.75) is 44.1 Å². The predicted molar refractivity (Wildman–Crippen MR) is 130 cm³/mol. The van der Waals surface area contributed by atoms with Gasteiger partial charge >= 0.3 is 0 Å². The van der Waals surface area contributed by atoms with Crippen LogP contribution in [-0.2, 0) is 10.5 Å². The van der Waals surface area contributed by atoms with E-state index in [4.69, 9.17) is 27.9 Å². The van der Waals surface area contributed by atoms with Crippen LogP contribution in [0, 0.1) is 5.92 Å². The van der Waals surface area contributed by atoms with Crippen LogP contribution < -0.4 is 10.1 Å². The summed E-state index contributed by atoms with van der Waals surface area (Å²) in [5, 5.41) is 13.5. The van der Waals surface area contributed by atoms with Crippen molar-refractivity contribution in [3.8, 4) is 11.4 Å². The summed E-state index contributed by atoms with van der Waals surface area (Å²) < 4.78 is 7.17. The Morgan fingerprint density at radius 3 is 2.66 bits per heavy atom. The fourth-order valence-electron chi connectivity index (χ4n) is 3.18. The SMILES string of the molecule is COc1cccc(CSc2nnc(C(C)NC(=O)CC(C)C)n2-c2cc(Cl)ccc2Cl)c1. The van der Waals surface area contributed by atoms with Crippen molar-refractivity contribution in [3.05, 3.63) is 63.9 Å². The molecule has 0 aliphatic heterocycles. The largest absolute Gasteiger partial charge is 0.497 e. The highest BCUT2D eigenvalue weighted by Gasteiger charge is 2.23. The molecule has 1 N–H and O–H groups in total. The van der Waals surface area contributed by atoms with Crippen LogP contribution in [0.5, 0.6) is 5.75 Å². The summed E-state index contributed by atoms with van der Waals surface area (Å²) in [6.45, 7) is 5.89. The molecular formula is C23H26Cl2N4O2S. The molecule has 3 aromatic rings. The molecule has 0 aliphatic rings. The third-order valence-corrected chi connectivity index (χ3v) is 6.22. The first kappa shape index (κ1) is 24.4. The molecule has 0 saturated heterocycles. The van der Waals surface area contributed by atoms with E-state index < -0.39 is 0 Å². The molecule has 3 rings (SSSR count). The van der Waals surface area contributed by atoms with Crippen molar-refractivity contribution in [3.63, 3.8) is 0 Å². The molecule has 1 amide bonds. The van der Waals surface area contributed by atoms with Crippen molar-refractivity contribution >= 4 is 40.9 Å². The third kappa shape index (κ3) is 6.18. The Labute approximate surface area is 202 Å². The van der Waals surface area contributed by atoms with Crippen LogP contribution in [0.1, 0.15) is 44.6 Å². The first-order chi connectivity index (χ1) is 15.3. The van der Waals surface area contributed by atoms with Gasteiger partial charge in [-0.25, -0.2) is 0 Å². The predicted octanol–water partition coefficient (Wildman–Crippen LogP) is 6.10. The van der Waals surface area contributed by atoms with E-state index in [1.807, 2.05) is 49.6 Å². The minimum absolute atomic E-state index is 0.0372. The van der Waals surface area contributed by atoms with Crippen LogP contribution in [0.4, 0.5) is 0 Å². The van der Waals surface area contributed by atoms with Crippen LogP contribution in [0.25, 0.3) is 5.69 Å². The van der Waals surface area contributed by atoms with E-state index in [-0.39, 0.29) is 17.9 Å². The normalized spacial score (nSPS) is 12.1. The number of hydrogen-bond acceptors (Lipinski definition) is 5. The van der Waals surface area contributed by atoms with Gasteiger partial charge in [0, 0.05) is 17.2 Å². The lowest BCUT2D eigenvalue weighted by molar-refractivity contribution is -0.122. The number of carbonyl (C=O) groups is 1. The highest BCUT2D eigenvalue weighted by atomic mass is 35.5. The number of halogens is 2. The van der Waals surface area contributed by atoms with Crippen LogP contribution in [0.3, 0.4) is 0 Å². The number of rotatable bonds is 9. The molecule has 1 unspecified atom stereocenters. The summed E-state index contributed by atoms with van der Waals surface area (Å²) in [4.78, 5) is 12.4. The van der Waals surface area contributed by atoms with Gasteiger partial charge in [0.1, 0.15) is 5.75 Å². The number of ether oxygens (including phenoxy) is 1. The lowest BCUT2D eigenvalue weighted by Crippen LogP contribution is -2.29. The van der Waals surface area contributed by atoms with Gasteiger partial charge in [-0.05, 0) is 48.7 Å². The monoisotopic (exact) mass is 492 g/mol. The molecule has 0 aliphatic carbocycles.